The maximum absolute atomic E-state index is 12.8. The van der Waals surface area contributed by atoms with Crippen molar-refractivity contribution < 1.29 is 27.4 Å². The number of ketones is 1. The lowest BCUT2D eigenvalue weighted by Gasteiger charge is -2.26. The van der Waals surface area contributed by atoms with Crippen molar-refractivity contribution in [1.29, 1.82) is 0 Å². The van der Waals surface area contributed by atoms with E-state index in [9.17, 15) is 13.2 Å². The molecule has 0 saturated carbocycles. The Hall–Kier alpha value is -2.93. The van der Waals surface area contributed by atoms with Gasteiger partial charge in [-0.2, -0.15) is 4.31 Å². The zero-order chi connectivity index (χ0) is 24.4. The number of morpholine rings is 1. The SMILES string of the molecule is Cn1c(SCC(=O)c2ccc3c(c2)OCCO3)nnc1-c1ccc(S(=O)(=O)N2CCOCC2)cc1. The Morgan fingerprint density at radius 1 is 0.971 bits per heavy atom. The first kappa shape index (κ1) is 23.8. The molecule has 1 fully saturated rings. The minimum Gasteiger partial charge on any atom is -0.486 e. The number of nitrogens with zero attached hydrogens (tertiary/aromatic N) is 4. The predicted molar refractivity (Wildman–Crippen MR) is 129 cm³/mol. The molecule has 3 heterocycles. The first-order valence-electron chi connectivity index (χ1n) is 11.1. The number of aromatic nitrogens is 3. The van der Waals surface area contributed by atoms with E-state index in [0.717, 1.165) is 5.56 Å². The van der Waals surface area contributed by atoms with Crippen molar-refractivity contribution >= 4 is 27.6 Å². The van der Waals surface area contributed by atoms with Crippen LogP contribution in [0.3, 0.4) is 0 Å². The van der Waals surface area contributed by atoms with Crippen LogP contribution >= 0.6 is 11.8 Å². The normalized spacial score (nSPS) is 16.3. The Bertz CT molecular complexity index is 1330. The quantitative estimate of drug-likeness (QED) is 0.345. The molecule has 0 spiro atoms. The summed E-state index contributed by atoms with van der Waals surface area (Å²) in [6.07, 6.45) is 0. The van der Waals surface area contributed by atoms with Crippen molar-refractivity contribution in [2.45, 2.75) is 10.1 Å². The molecule has 0 bridgehead atoms. The predicted octanol–water partition coefficient (Wildman–Crippen LogP) is 2.25. The molecule has 1 aromatic heterocycles. The molecule has 1 saturated heterocycles. The highest BCUT2D eigenvalue weighted by molar-refractivity contribution is 7.99. The van der Waals surface area contributed by atoms with Gasteiger partial charge < -0.3 is 18.8 Å². The van der Waals surface area contributed by atoms with Crippen molar-refractivity contribution in [3.05, 3.63) is 48.0 Å². The molecule has 0 unspecified atom stereocenters. The van der Waals surface area contributed by atoms with E-state index in [1.54, 1.807) is 47.0 Å². The van der Waals surface area contributed by atoms with E-state index in [4.69, 9.17) is 14.2 Å². The van der Waals surface area contributed by atoms with Crippen molar-refractivity contribution in [1.82, 2.24) is 19.1 Å². The molecule has 0 atom stereocenters. The van der Waals surface area contributed by atoms with Crippen molar-refractivity contribution in [3.8, 4) is 22.9 Å². The standard InChI is InChI=1S/C23H24N4O6S2/c1-26-22(16-2-5-18(6-3-16)35(29,30)27-8-10-31-11-9-27)24-25-23(26)34-15-19(28)17-4-7-20-21(14-17)33-13-12-32-20/h2-7,14H,8-13,15H2,1H3. The van der Waals surface area contributed by atoms with Crippen LogP contribution in [0, 0.1) is 0 Å². The number of carbonyl (C=O) groups is 1. The number of carbonyl (C=O) groups excluding carboxylic acids is 1. The van der Waals surface area contributed by atoms with Crippen molar-refractivity contribution in [3.63, 3.8) is 0 Å². The van der Waals surface area contributed by atoms with Gasteiger partial charge in [0.15, 0.2) is 28.3 Å². The fraction of sp³-hybridized carbons (Fsp3) is 0.348. The Morgan fingerprint density at radius 2 is 1.69 bits per heavy atom. The van der Waals surface area contributed by atoms with Gasteiger partial charge in [-0.3, -0.25) is 4.79 Å². The molecule has 5 rings (SSSR count). The van der Waals surface area contributed by atoms with Gasteiger partial charge in [0.05, 0.1) is 23.9 Å². The third kappa shape index (κ3) is 4.92. The number of sulfonamides is 1. The summed E-state index contributed by atoms with van der Waals surface area (Å²) in [6, 6.07) is 11.8. The number of rotatable bonds is 7. The van der Waals surface area contributed by atoms with Crippen LogP contribution in [0.2, 0.25) is 0 Å². The molecule has 0 aliphatic carbocycles. The zero-order valence-electron chi connectivity index (χ0n) is 19.0. The Labute approximate surface area is 207 Å². The second-order valence-electron chi connectivity index (χ2n) is 7.98. The highest BCUT2D eigenvalue weighted by Crippen LogP contribution is 2.32. The summed E-state index contributed by atoms with van der Waals surface area (Å²) in [7, 11) is -1.75. The number of benzene rings is 2. The van der Waals surface area contributed by atoms with Crippen LogP contribution in [0.1, 0.15) is 10.4 Å². The first-order chi connectivity index (χ1) is 16.9. The molecule has 12 heteroatoms. The molecule has 184 valence electrons. The molecular weight excluding hydrogens is 492 g/mol. The monoisotopic (exact) mass is 516 g/mol. The van der Waals surface area contributed by atoms with Crippen molar-refractivity contribution in [2.24, 2.45) is 7.05 Å². The molecule has 2 aliphatic rings. The molecule has 0 amide bonds. The molecular formula is C23H24N4O6S2. The summed E-state index contributed by atoms with van der Waals surface area (Å²) in [4.78, 5) is 12.9. The average Bonchev–Trinajstić information content (AvgIpc) is 3.27. The van der Waals surface area contributed by atoms with E-state index < -0.39 is 10.0 Å². The molecule has 3 aromatic rings. The van der Waals surface area contributed by atoms with Crippen molar-refractivity contribution in [2.75, 3.05) is 45.3 Å². The lowest BCUT2D eigenvalue weighted by molar-refractivity contribution is 0.0730. The topological polar surface area (TPSA) is 113 Å². The van der Waals surface area contributed by atoms with Gasteiger partial charge in [-0.05, 0) is 42.5 Å². The molecule has 0 N–H and O–H groups in total. The van der Waals surface area contributed by atoms with Crippen LogP contribution in [-0.2, 0) is 21.8 Å². The van der Waals surface area contributed by atoms with Gasteiger partial charge in [0.2, 0.25) is 10.0 Å². The Kier molecular flexibility index (Phi) is 6.78. The third-order valence-electron chi connectivity index (χ3n) is 5.75. The molecule has 35 heavy (non-hydrogen) atoms. The van der Waals surface area contributed by atoms with E-state index in [2.05, 4.69) is 10.2 Å². The summed E-state index contributed by atoms with van der Waals surface area (Å²) in [5.41, 5.74) is 1.27. The van der Waals surface area contributed by atoms with Gasteiger partial charge in [-0.1, -0.05) is 11.8 Å². The van der Waals surface area contributed by atoms with Gasteiger partial charge in [0.25, 0.3) is 0 Å². The highest BCUT2D eigenvalue weighted by Gasteiger charge is 2.26. The van der Waals surface area contributed by atoms with Crippen LogP contribution < -0.4 is 9.47 Å². The van der Waals surface area contributed by atoms with Gasteiger partial charge in [0, 0.05) is 31.3 Å². The molecule has 2 aromatic carbocycles. The largest absolute Gasteiger partial charge is 0.486 e. The summed E-state index contributed by atoms with van der Waals surface area (Å²) >= 11 is 1.28. The van der Waals surface area contributed by atoms with Crippen LogP contribution in [0.15, 0.2) is 52.5 Å². The van der Waals surface area contributed by atoms with Gasteiger partial charge in [0.1, 0.15) is 13.2 Å². The minimum absolute atomic E-state index is 0.0609. The number of thioether (sulfide) groups is 1. The maximum atomic E-state index is 12.8. The first-order valence-corrected chi connectivity index (χ1v) is 13.5. The van der Waals surface area contributed by atoms with Gasteiger partial charge in [-0.25, -0.2) is 8.42 Å². The lowest BCUT2D eigenvalue weighted by atomic mass is 10.1. The summed E-state index contributed by atoms with van der Waals surface area (Å²) in [5.74, 6) is 1.92. The van der Waals surface area contributed by atoms with Gasteiger partial charge >= 0.3 is 0 Å². The summed E-state index contributed by atoms with van der Waals surface area (Å²) in [6.45, 7) is 2.44. The average molecular weight is 517 g/mol. The number of fused-ring (bicyclic) bond motifs is 1. The second kappa shape index (κ2) is 9.97. The number of hydrogen-bond donors (Lipinski definition) is 0. The van der Waals surface area contributed by atoms with Crippen LogP contribution in [0.4, 0.5) is 0 Å². The summed E-state index contributed by atoms with van der Waals surface area (Å²) in [5, 5.41) is 9.03. The molecule has 2 aliphatic heterocycles. The smallest absolute Gasteiger partial charge is 0.243 e. The number of hydrogen-bond acceptors (Lipinski definition) is 9. The van der Waals surface area contributed by atoms with Crippen LogP contribution in [0.5, 0.6) is 11.5 Å². The maximum Gasteiger partial charge on any atom is 0.243 e. The van der Waals surface area contributed by atoms with Gasteiger partial charge in [-0.15, -0.1) is 10.2 Å². The Morgan fingerprint density at radius 3 is 2.43 bits per heavy atom. The number of Topliss-reactive ketones (excluding diaryl/α,β-unsaturated/α-hetero) is 1. The van der Waals surface area contributed by atoms with E-state index in [1.165, 1.54) is 16.1 Å². The molecule has 10 nitrogen and oxygen atoms in total. The van der Waals surface area contributed by atoms with E-state index in [-0.39, 0.29) is 16.4 Å². The van der Waals surface area contributed by atoms with E-state index in [1.807, 2.05) is 7.05 Å². The number of ether oxygens (including phenoxy) is 3. The van der Waals surface area contributed by atoms with Crippen LogP contribution in [0.25, 0.3) is 11.4 Å². The summed E-state index contributed by atoms with van der Waals surface area (Å²) < 4.78 is 45.2. The zero-order valence-corrected chi connectivity index (χ0v) is 20.7. The Balaban J connectivity index is 1.26. The fourth-order valence-electron chi connectivity index (χ4n) is 3.83. The van der Waals surface area contributed by atoms with Crippen LogP contribution in [-0.4, -0.2) is 78.5 Å². The fourth-order valence-corrected chi connectivity index (χ4v) is 6.05. The third-order valence-corrected chi connectivity index (χ3v) is 8.68. The second-order valence-corrected chi connectivity index (χ2v) is 10.9. The molecule has 0 radical (unpaired) electrons. The highest BCUT2D eigenvalue weighted by atomic mass is 32.2. The van der Waals surface area contributed by atoms with E-state index >= 15 is 0 Å². The van der Waals surface area contributed by atoms with E-state index in [0.29, 0.717) is 67.6 Å². The lowest BCUT2D eigenvalue weighted by Crippen LogP contribution is -2.40. The minimum atomic E-state index is -3.56.